The van der Waals surface area contributed by atoms with Gasteiger partial charge in [0.25, 0.3) is 0 Å². The van der Waals surface area contributed by atoms with Gasteiger partial charge in [0.1, 0.15) is 0 Å². The average Bonchev–Trinajstić information content (AvgIpc) is 3.06. The van der Waals surface area contributed by atoms with Gasteiger partial charge >= 0.3 is 6.03 Å². The third kappa shape index (κ3) is 3.52. The number of urea groups is 1. The topological polar surface area (TPSA) is 73.4 Å². The summed E-state index contributed by atoms with van der Waals surface area (Å²) >= 11 is 6.02. The number of nitrogens with one attached hydrogen (secondary N) is 2. The number of amides is 2. The van der Waals surface area contributed by atoms with Crippen LogP contribution in [0.5, 0.6) is 0 Å². The maximum absolute atomic E-state index is 12.5. The van der Waals surface area contributed by atoms with Crippen LogP contribution in [0.25, 0.3) is 0 Å². The van der Waals surface area contributed by atoms with Crippen LogP contribution in [0.3, 0.4) is 0 Å². The number of fused-ring (bicyclic) bond motifs is 1. The summed E-state index contributed by atoms with van der Waals surface area (Å²) < 4.78 is 0. The quantitative estimate of drug-likeness (QED) is 0.860. The number of hydrogen-bond acceptors (Lipinski definition) is 5. The van der Waals surface area contributed by atoms with Crippen molar-refractivity contribution in [1.29, 1.82) is 0 Å². The molecule has 1 saturated heterocycles. The zero-order chi connectivity index (χ0) is 17.2. The van der Waals surface area contributed by atoms with Gasteiger partial charge in [0.05, 0.1) is 18.1 Å². The number of halogens is 1. The first kappa shape index (κ1) is 16.1. The molecule has 2 aliphatic heterocycles. The van der Waals surface area contributed by atoms with Gasteiger partial charge in [0.15, 0.2) is 0 Å². The molecule has 2 N–H and O–H groups in total. The predicted octanol–water partition coefficient (Wildman–Crippen LogP) is 2.09. The van der Waals surface area contributed by atoms with Crippen molar-refractivity contribution in [1.82, 2.24) is 20.2 Å². The van der Waals surface area contributed by atoms with Gasteiger partial charge in [0, 0.05) is 44.3 Å². The number of rotatable bonds is 2. The fraction of sp³-hybridized carbons (Fsp3) is 0.353. The summed E-state index contributed by atoms with van der Waals surface area (Å²) in [6.07, 6.45) is 3.31. The molecule has 2 aliphatic rings. The van der Waals surface area contributed by atoms with Crippen molar-refractivity contribution in [2.45, 2.75) is 13.1 Å². The first-order valence-electron chi connectivity index (χ1n) is 8.30. The second kappa shape index (κ2) is 6.85. The second-order valence-corrected chi connectivity index (χ2v) is 6.64. The van der Waals surface area contributed by atoms with Crippen LogP contribution in [0, 0.1) is 0 Å². The van der Waals surface area contributed by atoms with Gasteiger partial charge in [-0.3, -0.25) is 0 Å². The molecule has 0 radical (unpaired) electrons. The minimum atomic E-state index is -0.161. The molecular weight excluding hydrogens is 340 g/mol. The molecular formula is C17H19ClN6O. The largest absolute Gasteiger partial charge is 0.338 e. The Labute approximate surface area is 151 Å². The Bertz CT molecular complexity index is 775. The fourth-order valence-corrected chi connectivity index (χ4v) is 3.32. The van der Waals surface area contributed by atoms with E-state index in [2.05, 4.69) is 25.5 Å². The van der Waals surface area contributed by atoms with Crippen molar-refractivity contribution in [2.75, 3.05) is 36.4 Å². The Morgan fingerprint density at radius 2 is 1.84 bits per heavy atom. The number of nitrogens with zero attached hydrogens (tertiary/aromatic N) is 4. The summed E-state index contributed by atoms with van der Waals surface area (Å²) in [6, 6.07) is 5.57. The molecule has 0 spiro atoms. The number of anilines is 2. The lowest BCUT2D eigenvalue weighted by molar-refractivity contribution is 0.212. The number of aromatic nitrogens is 2. The van der Waals surface area contributed by atoms with Crippen LogP contribution in [0.4, 0.5) is 16.4 Å². The summed E-state index contributed by atoms with van der Waals surface area (Å²) in [7, 11) is 0. The molecule has 0 aliphatic carbocycles. The van der Waals surface area contributed by atoms with Gasteiger partial charge in [-0.1, -0.05) is 17.7 Å². The van der Waals surface area contributed by atoms with E-state index in [0.29, 0.717) is 29.7 Å². The smallest absolute Gasteiger partial charge is 0.322 e. The lowest BCUT2D eigenvalue weighted by Gasteiger charge is -2.27. The highest BCUT2D eigenvalue weighted by molar-refractivity contribution is 6.30. The maximum Gasteiger partial charge on any atom is 0.322 e. The molecule has 0 unspecified atom stereocenters. The Kier molecular flexibility index (Phi) is 4.42. The van der Waals surface area contributed by atoms with E-state index in [-0.39, 0.29) is 6.03 Å². The summed E-state index contributed by atoms with van der Waals surface area (Å²) in [5.74, 6) is 0.697. The van der Waals surface area contributed by atoms with Crippen LogP contribution < -0.4 is 15.5 Å². The van der Waals surface area contributed by atoms with Gasteiger partial charge < -0.3 is 20.4 Å². The molecule has 25 heavy (non-hydrogen) atoms. The van der Waals surface area contributed by atoms with Crippen molar-refractivity contribution in [3.05, 3.63) is 46.7 Å². The molecule has 1 fully saturated rings. The van der Waals surface area contributed by atoms with E-state index in [1.807, 2.05) is 18.2 Å². The summed E-state index contributed by atoms with van der Waals surface area (Å²) in [5, 5.41) is 6.85. The number of piperazine rings is 1. The molecule has 0 saturated carbocycles. The minimum absolute atomic E-state index is 0.161. The van der Waals surface area contributed by atoms with Crippen molar-refractivity contribution in [3.8, 4) is 0 Å². The van der Waals surface area contributed by atoms with E-state index in [1.54, 1.807) is 17.3 Å². The zero-order valence-corrected chi connectivity index (χ0v) is 14.5. The Morgan fingerprint density at radius 3 is 2.60 bits per heavy atom. The predicted molar refractivity (Wildman–Crippen MR) is 96.8 cm³/mol. The van der Waals surface area contributed by atoms with Crippen molar-refractivity contribution in [2.24, 2.45) is 0 Å². The fourth-order valence-electron chi connectivity index (χ4n) is 3.12. The summed E-state index contributed by atoms with van der Waals surface area (Å²) in [4.78, 5) is 25.1. The summed E-state index contributed by atoms with van der Waals surface area (Å²) in [5.41, 5.74) is 2.82. The Hall–Kier alpha value is -2.38. The van der Waals surface area contributed by atoms with Gasteiger partial charge in [-0.25, -0.2) is 14.8 Å². The average molecular weight is 359 g/mol. The lowest BCUT2D eigenvalue weighted by Crippen LogP contribution is -2.44. The molecule has 0 bridgehead atoms. The molecule has 2 amide bonds. The molecule has 0 atom stereocenters. The first-order chi connectivity index (χ1) is 12.2. The van der Waals surface area contributed by atoms with E-state index in [4.69, 9.17) is 11.6 Å². The third-order valence-electron chi connectivity index (χ3n) is 4.47. The first-order valence-corrected chi connectivity index (χ1v) is 8.68. The van der Waals surface area contributed by atoms with Gasteiger partial charge in [-0.2, -0.15) is 0 Å². The van der Waals surface area contributed by atoms with Crippen LogP contribution in [0.2, 0.25) is 5.02 Å². The standard InChI is InChI=1S/C17H19ClN6O/c18-14-2-1-12-10-24(11-13(12)7-14)17(25)22-15-8-20-16(21-9-15)23-5-3-19-4-6-23/h1-2,7-9,19H,3-6,10-11H2,(H,22,25). The number of hydrogen-bond donors (Lipinski definition) is 2. The van der Waals surface area contributed by atoms with Crippen LogP contribution in [-0.2, 0) is 13.1 Å². The molecule has 8 heteroatoms. The van der Waals surface area contributed by atoms with Crippen LogP contribution in [0.1, 0.15) is 11.1 Å². The molecule has 1 aromatic heterocycles. The van der Waals surface area contributed by atoms with E-state index in [9.17, 15) is 4.79 Å². The Morgan fingerprint density at radius 1 is 1.12 bits per heavy atom. The molecule has 1 aromatic carbocycles. The van der Waals surface area contributed by atoms with E-state index < -0.39 is 0 Å². The molecule has 3 heterocycles. The minimum Gasteiger partial charge on any atom is -0.338 e. The highest BCUT2D eigenvalue weighted by Gasteiger charge is 2.23. The van der Waals surface area contributed by atoms with Gasteiger partial charge in [-0.15, -0.1) is 0 Å². The van der Waals surface area contributed by atoms with E-state index >= 15 is 0 Å². The van der Waals surface area contributed by atoms with Crippen LogP contribution in [0.15, 0.2) is 30.6 Å². The van der Waals surface area contributed by atoms with Gasteiger partial charge in [0.2, 0.25) is 5.95 Å². The molecule has 130 valence electrons. The third-order valence-corrected chi connectivity index (χ3v) is 4.70. The van der Waals surface area contributed by atoms with Crippen molar-refractivity contribution >= 4 is 29.3 Å². The molecule has 4 rings (SSSR count). The van der Waals surface area contributed by atoms with Crippen molar-refractivity contribution in [3.63, 3.8) is 0 Å². The van der Waals surface area contributed by atoms with E-state index in [1.165, 1.54) is 0 Å². The normalized spacial score (nSPS) is 16.7. The van der Waals surface area contributed by atoms with Crippen LogP contribution in [-0.4, -0.2) is 47.1 Å². The Balaban J connectivity index is 1.38. The van der Waals surface area contributed by atoms with Crippen LogP contribution >= 0.6 is 11.6 Å². The van der Waals surface area contributed by atoms with Gasteiger partial charge in [-0.05, 0) is 23.3 Å². The maximum atomic E-state index is 12.5. The SMILES string of the molecule is O=C(Nc1cnc(N2CCNCC2)nc1)N1Cc2ccc(Cl)cc2C1. The second-order valence-electron chi connectivity index (χ2n) is 6.21. The zero-order valence-electron chi connectivity index (χ0n) is 13.7. The number of benzene rings is 1. The number of carbonyl (C=O) groups excluding carboxylic acids is 1. The molecule has 2 aromatic rings. The monoisotopic (exact) mass is 358 g/mol. The highest BCUT2D eigenvalue weighted by Crippen LogP contribution is 2.26. The lowest BCUT2D eigenvalue weighted by atomic mass is 10.1. The van der Waals surface area contributed by atoms with E-state index in [0.717, 1.165) is 37.3 Å². The number of carbonyl (C=O) groups is 1. The van der Waals surface area contributed by atoms with Crippen molar-refractivity contribution < 1.29 is 4.79 Å². The highest BCUT2D eigenvalue weighted by atomic mass is 35.5. The molecule has 7 nitrogen and oxygen atoms in total. The summed E-state index contributed by atoms with van der Waals surface area (Å²) in [6.45, 7) is 4.78.